The van der Waals surface area contributed by atoms with E-state index in [2.05, 4.69) is 5.32 Å². The summed E-state index contributed by atoms with van der Waals surface area (Å²) in [5, 5.41) is 2.99. The molecule has 0 saturated heterocycles. The van der Waals surface area contributed by atoms with Crippen LogP contribution in [-0.2, 0) is 4.79 Å². The van der Waals surface area contributed by atoms with E-state index in [1.165, 1.54) is 24.1 Å². The summed E-state index contributed by atoms with van der Waals surface area (Å²) < 4.78 is 18.0. The summed E-state index contributed by atoms with van der Waals surface area (Å²) in [4.78, 5) is 13.2. The summed E-state index contributed by atoms with van der Waals surface area (Å²) >= 11 is 0. The Labute approximate surface area is 100 Å². The van der Waals surface area contributed by atoms with E-state index in [0.29, 0.717) is 11.4 Å². The highest BCUT2D eigenvalue weighted by atomic mass is 19.1. The fourth-order valence-corrected chi connectivity index (χ4v) is 1.47. The summed E-state index contributed by atoms with van der Waals surface area (Å²) in [5.41, 5.74) is 0.594. The third-order valence-corrected chi connectivity index (χ3v) is 2.35. The highest BCUT2D eigenvalue weighted by molar-refractivity contribution is 5.84. The highest BCUT2D eigenvalue weighted by Gasteiger charge is 2.16. The largest absolute Gasteiger partial charge is 0.494 e. The second kappa shape index (κ2) is 5.52. The minimum absolute atomic E-state index is 0.0589. The summed E-state index contributed by atoms with van der Waals surface area (Å²) in [6, 6.07) is 3.74. The number of rotatable bonds is 4. The number of anilines is 1. The lowest BCUT2D eigenvalue weighted by atomic mass is 10.2. The number of ether oxygens (including phenoxy) is 1. The first-order chi connectivity index (χ1) is 7.95. The summed E-state index contributed by atoms with van der Waals surface area (Å²) in [6.07, 6.45) is 0. The Hall–Kier alpha value is -1.78. The van der Waals surface area contributed by atoms with Crippen LogP contribution < -0.4 is 10.1 Å². The van der Waals surface area contributed by atoms with Crippen molar-refractivity contribution in [1.82, 2.24) is 4.90 Å². The van der Waals surface area contributed by atoms with E-state index in [9.17, 15) is 9.18 Å². The number of likely N-dealkylation sites (N-methyl/N-ethyl adjacent to an activating group) is 1. The van der Waals surface area contributed by atoms with Crippen molar-refractivity contribution in [1.29, 1.82) is 0 Å². The van der Waals surface area contributed by atoms with Crippen molar-refractivity contribution in [3.05, 3.63) is 24.0 Å². The molecule has 0 radical (unpaired) electrons. The maximum Gasteiger partial charge on any atom is 0.244 e. The quantitative estimate of drug-likeness (QED) is 0.871. The Balaban J connectivity index is 2.84. The van der Waals surface area contributed by atoms with Gasteiger partial charge in [0.25, 0.3) is 0 Å². The van der Waals surface area contributed by atoms with Gasteiger partial charge in [-0.1, -0.05) is 0 Å². The van der Waals surface area contributed by atoms with Gasteiger partial charge in [-0.3, -0.25) is 4.79 Å². The molecular weight excluding hydrogens is 223 g/mol. The molecular formula is C12H17FN2O2. The topological polar surface area (TPSA) is 41.6 Å². The standard InChI is InChI=1S/C12H17FN2O2/c1-8(12(16)15(2)3)14-10-6-5-9(13)7-11(10)17-4/h5-8,14H,1-4H3. The van der Waals surface area contributed by atoms with Crippen molar-refractivity contribution < 1.29 is 13.9 Å². The second-order valence-corrected chi connectivity index (χ2v) is 3.94. The molecule has 0 heterocycles. The van der Waals surface area contributed by atoms with Gasteiger partial charge in [-0.2, -0.15) is 0 Å². The predicted molar refractivity (Wildman–Crippen MR) is 64.7 cm³/mol. The Morgan fingerprint density at radius 1 is 1.47 bits per heavy atom. The lowest BCUT2D eigenvalue weighted by Crippen LogP contribution is -2.36. The van der Waals surface area contributed by atoms with Crippen LogP contribution in [0.2, 0.25) is 0 Å². The van der Waals surface area contributed by atoms with Gasteiger partial charge in [-0.05, 0) is 19.1 Å². The molecule has 1 unspecified atom stereocenters. The van der Waals surface area contributed by atoms with Gasteiger partial charge >= 0.3 is 0 Å². The molecule has 0 aromatic heterocycles. The maximum absolute atomic E-state index is 13.0. The molecule has 1 atom stereocenters. The van der Waals surface area contributed by atoms with Crippen LogP contribution in [0.4, 0.5) is 10.1 Å². The van der Waals surface area contributed by atoms with Gasteiger partial charge in [-0.25, -0.2) is 4.39 Å². The summed E-state index contributed by atoms with van der Waals surface area (Å²) in [5.74, 6) is -0.0567. The number of hydrogen-bond acceptors (Lipinski definition) is 3. The van der Waals surface area contributed by atoms with E-state index < -0.39 is 6.04 Å². The van der Waals surface area contributed by atoms with Crippen molar-refractivity contribution in [3.63, 3.8) is 0 Å². The Morgan fingerprint density at radius 2 is 2.12 bits per heavy atom. The molecule has 0 aliphatic heterocycles. The molecule has 0 spiro atoms. The van der Waals surface area contributed by atoms with Gasteiger partial charge < -0.3 is 15.0 Å². The van der Waals surface area contributed by atoms with Crippen LogP contribution in [0.5, 0.6) is 5.75 Å². The van der Waals surface area contributed by atoms with Crippen molar-refractivity contribution in [2.45, 2.75) is 13.0 Å². The third-order valence-electron chi connectivity index (χ3n) is 2.35. The summed E-state index contributed by atoms with van der Waals surface area (Å²) in [6.45, 7) is 1.74. The van der Waals surface area contributed by atoms with Crippen LogP contribution in [-0.4, -0.2) is 38.1 Å². The van der Waals surface area contributed by atoms with Crippen LogP contribution >= 0.6 is 0 Å². The monoisotopic (exact) mass is 240 g/mol. The number of nitrogens with one attached hydrogen (secondary N) is 1. The first-order valence-corrected chi connectivity index (χ1v) is 5.27. The van der Waals surface area contributed by atoms with Crippen LogP contribution in [0.15, 0.2) is 18.2 Å². The number of halogens is 1. The van der Waals surface area contributed by atoms with E-state index in [0.717, 1.165) is 0 Å². The average Bonchev–Trinajstić information content (AvgIpc) is 2.30. The molecule has 1 N–H and O–H groups in total. The number of amides is 1. The molecule has 1 amide bonds. The van der Waals surface area contributed by atoms with Crippen LogP contribution in [0, 0.1) is 5.82 Å². The van der Waals surface area contributed by atoms with Crippen molar-refractivity contribution in [2.75, 3.05) is 26.5 Å². The zero-order valence-corrected chi connectivity index (χ0v) is 10.5. The normalized spacial score (nSPS) is 11.8. The zero-order chi connectivity index (χ0) is 13.0. The first-order valence-electron chi connectivity index (χ1n) is 5.27. The van der Waals surface area contributed by atoms with Crippen LogP contribution in [0.3, 0.4) is 0 Å². The number of nitrogens with zero attached hydrogens (tertiary/aromatic N) is 1. The summed E-state index contributed by atoms with van der Waals surface area (Å²) in [7, 11) is 4.82. The molecule has 17 heavy (non-hydrogen) atoms. The Morgan fingerprint density at radius 3 is 2.65 bits per heavy atom. The second-order valence-electron chi connectivity index (χ2n) is 3.94. The fourth-order valence-electron chi connectivity index (χ4n) is 1.47. The average molecular weight is 240 g/mol. The molecule has 1 rings (SSSR count). The smallest absolute Gasteiger partial charge is 0.244 e. The lowest BCUT2D eigenvalue weighted by Gasteiger charge is -2.20. The number of methoxy groups -OCH3 is 1. The number of hydrogen-bond donors (Lipinski definition) is 1. The van der Waals surface area contributed by atoms with E-state index in [1.807, 2.05) is 0 Å². The van der Waals surface area contributed by atoms with Gasteiger partial charge in [0.2, 0.25) is 5.91 Å². The molecule has 4 nitrogen and oxygen atoms in total. The Kier molecular flexibility index (Phi) is 4.31. The highest BCUT2D eigenvalue weighted by Crippen LogP contribution is 2.25. The van der Waals surface area contributed by atoms with Crippen molar-refractivity contribution >= 4 is 11.6 Å². The molecule has 0 bridgehead atoms. The van der Waals surface area contributed by atoms with Crippen molar-refractivity contribution in [2.24, 2.45) is 0 Å². The first kappa shape index (κ1) is 13.3. The molecule has 1 aromatic carbocycles. The fraction of sp³-hybridized carbons (Fsp3) is 0.417. The van der Waals surface area contributed by atoms with Crippen LogP contribution in [0.1, 0.15) is 6.92 Å². The third kappa shape index (κ3) is 3.34. The SMILES string of the molecule is COc1cc(F)ccc1NC(C)C(=O)N(C)C. The molecule has 1 aromatic rings. The van der Waals surface area contributed by atoms with Gasteiger partial charge in [-0.15, -0.1) is 0 Å². The van der Waals surface area contributed by atoms with Gasteiger partial charge in [0.15, 0.2) is 0 Å². The van der Waals surface area contributed by atoms with Crippen molar-refractivity contribution in [3.8, 4) is 5.75 Å². The molecule has 0 aliphatic rings. The molecule has 0 saturated carbocycles. The zero-order valence-electron chi connectivity index (χ0n) is 10.5. The van der Waals surface area contributed by atoms with E-state index in [1.54, 1.807) is 27.1 Å². The minimum Gasteiger partial charge on any atom is -0.494 e. The molecule has 0 aliphatic carbocycles. The van der Waals surface area contributed by atoms with Gasteiger partial charge in [0.05, 0.1) is 12.8 Å². The number of benzene rings is 1. The maximum atomic E-state index is 13.0. The minimum atomic E-state index is -0.399. The molecule has 0 fully saturated rings. The van der Waals surface area contributed by atoms with Gasteiger partial charge in [0, 0.05) is 20.2 Å². The van der Waals surface area contributed by atoms with Crippen LogP contribution in [0.25, 0.3) is 0 Å². The lowest BCUT2D eigenvalue weighted by molar-refractivity contribution is -0.129. The number of carbonyl (C=O) groups is 1. The van der Waals surface area contributed by atoms with Gasteiger partial charge in [0.1, 0.15) is 17.6 Å². The number of carbonyl (C=O) groups excluding carboxylic acids is 1. The van der Waals surface area contributed by atoms with E-state index in [-0.39, 0.29) is 11.7 Å². The van der Waals surface area contributed by atoms with E-state index >= 15 is 0 Å². The van der Waals surface area contributed by atoms with E-state index in [4.69, 9.17) is 4.74 Å². The Bertz CT molecular complexity index is 407. The predicted octanol–water partition coefficient (Wildman–Crippen LogP) is 1.72. The molecule has 5 heteroatoms. The molecule has 94 valence electrons.